The molecule has 2 aliphatic heterocycles. The Morgan fingerprint density at radius 1 is 1.12 bits per heavy atom. The van der Waals surface area contributed by atoms with Gasteiger partial charge in [0.15, 0.2) is 17.5 Å². The van der Waals surface area contributed by atoms with Gasteiger partial charge in [0.05, 0.1) is 26.3 Å². The summed E-state index contributed by atoms with van der Waals surface area (Å²) in [6.07, 6.45) is 0.819. The lowest BCUT2D eigenvalue weighted by Gasteiger charge is -2.45. The largest absolute Gasteiger partial charge is 0.492 e. The Morgan fingerprint density at radius 3 is 2.64 bits per heavy atom. The molecule has 2 heterocycles. The maximum Gasteiger partial charge on any atom is 0.287 e. The molecule has 3 aromatic rings. The van der Waals surface area contributed by atoms with E-state index in [1.807, 2.05) is 55.5 Å². The highest BCUT2D eigenvalue weighted by molar-refractivity contribution is 5.96. The topological polar surface area (TPSA) is 56.8 Å². The van der Waals surface area contributed by atoms with Crippen molar-refractivity contribution in [3.8, 4) is 17.2 Å². The van der Waals surface area contributed by atoms with Crippen LogP contribution in [0.25, 0.3) is 0 Å². The van der Waals surface area contributed by atoms with Gasteiger partial charge in [0.2, 0.25) is 12.5 Å². The summed E-state index contributed by atoms with van der Waals surface area (Å²) in [7, 11) is 3.78. The van der Waals surface area contributed by atoms with Crippen LogP contribution >= 0.6 is 0 Å². The molecule has 1 unspecified atom stereocenters. The first kappa shape index (κ1) is 21.3. The van der Waals surface area contributed by atoms with Crippen LogP contribution in [-0.4, -0.2) is 37.9 Å². The van der Waals surface area contributed by atoms with E-state index in [4.69, 9.17) is 14.2 Å². The van der Waals surface area contributed by atoms with Crippen molar-refractivity contribution < 1.29 is 23.5 Å². The smallest absolute Gasteiger partial charge is 0.287 e. The molecule has 2 aliphatic rings. The number of nitrogens with one attached hydrogen (secondary N) is 1. The van der Waals surface area contributed by atoms with Crippen molar-refractivity contribution in [2.45, 2.75) is 25.9 Å². The Balaban J connectivity index is 1.63. The highest BCUT2D eigenvalue weighted by atomic mass is 16.7. The number of methoxy groups -OCH3 is 1. The lowest BCUT2D eigenvalue weighted by Crippen LogP contribution is -2.54. The maximum absolute atomic E-state index is 14.0. The van der Waals surface area contributed by atoms with E-state index in [1.165, 1.54) is 5.56 Å². The number of carbonyl (C=O) groups is 1. The van der Waals surface area contributed by atoms with Crippen LogP contribution in [0, 0.1) is 6.92 Å². The number of fused-ring (bicyclic) bond motifs is 2. The molecule has 0 aromatic heterocycles. The van der Waals surface area contributed by atoms with Crippen molar-refractivity contribution in [1.29, 1.82) is 0 Å². The number of nitrogens with zero attached hydrogens (tertiary/aromatic N) is 1. The second-order valence-corrected chi connectivity index (χ2v) is 9.02. The van der Waals surface area contributed by atoms with Gasteiger partial charge < -0.3 is 24.0 Å². The molecule has 0 bridgehead atoms. The third-order valence-corrected chi connectivity index (χ3v) is 6.77. The van der Waals surface area contributed by atoms with E-state index >= 15 is 0 Å². The molecule has 0 saturated heterocycles. The van der Waals surface area contributed by atoms with Crippen LogP contribution in [0.3, 0.4) is 0 Å². The van der Waals surface area contributed by atoms with Gasteiger partial charge in [-0.2, -0.15) is 0 Å². The summed E-state index contributed by atoms with van der Waals surface area (Å²) in [5.74, 6) is 1.81. The number of carbonyl (C=O) groups excluding carboxylic acids is 1. The van der Waals surface area contributed by atoms with Crippen molar-refractivity contribution in [1.82, 2.24) is 0 Å². The highest BCUT2D eigenvalue weighted by Crippen LogP contribution is 2.51. The summed E-state index contributed by atoms with van der Waals surface area (Å²) in [6, 6.07) is 19.7. The second-order valence-electron chi connectivity index (χ2n) is 9.02. The molecule has 1 N–H and O–H groups in total. The minimum absolute atomic E-state index is 0.0548. The summed E-state index contributed by atoms with van der Waals surface area (Å²) >= 11 is 0. The van der Waals surface area contributed by atoms with Crippen molar-refractivity contribution >= 4 is 11.6 Å². The van der Waals surface area contributed by atoms with E-state index in [0.29, 0.717) is 21.7 Å². The third-order valence-electron chi connectivity index (χ3n) is 6.77. The van der Waals surface area contributed by atoms with Gasteiger partial charge in [-0.3, -0.25) is 4.79 Å². The van der Waals surface area contributed by atoms with Gasteiger partial charge in [0, 0.05) is 17.7 Å². The van der Waals surface area contributed by atoms with Gasteiger partial charge in [-0.25, -0.2) is 0 Å². The molecule has 0 radical (unpaired) electrons. The molecular formula is C27H29N2O4+. The SMILES string of the molecule is COc1c2c(cc3c1[C@H](C(=O)Nc1ccccc1C)[N+](C)(Cc1ccccc1)CC3)OCO2. The molecule has 5 rings (SSSR count). The molecule has 6 heteroatoms. The first-order valence-electron chi connectivity index (χ1n) is 11.2. The molecule has 6 nitrogen and oxygen atoms in total. The monoisotopic (exact) mass is 445 g/mol. The Labute approximate surface area is 194 Å². The Hall–Kier alpha value is -3.51. The molecule has 1 amide bonds. The van der Waals surface area contributed by atoms with E-state index in [-0.39, 0.29) is 12.7 Å². The van der Waals surface area contributed by atoms with Crippen molar-refractivity contribution in [3.63, 3.8) is 0 Å². The standard InChI is InChI=1S/C27H28N2O4/c1-18-9-7-8-12-21(18)28-27(30)24-23-20(15-22-25(26(23)31-3)33-17-32-22)13-14-29(24,2)16-19-10-5-4-6-11-19/h4-12,15,24H,13-14,16-17H2,1-3H3/p+1/t24-,29?/m1/s1. The van der Waals surface area contributed by atoms with Crippen LogP contribution in [0.5, 0.6) is 17.2 Å². The Kier molecular flexibility index (Phi) is 5.46. The number of likely N-dealkylation sites (N-methyl/N-ethyl adjacent to an activating group) is 1. The fourth-order valence-corrected chi connectivity index (χ4v) is 5.10. The van der Waals surface area contributed by atoms with Gasteiger partial charge >= 0.3 is 0 Å². The van der Waals surface area contributed by atoms with Crippen LogP contribution in [0.2, 0.25) is 0 Å². The van der Waals surface area contributed by atoms with Gasteiger partial charge in [0.1, 0.15) is 6.54 Å². The molecule has 33 heavy (non-hydrogen) atoms. The predicted octanol–water partition coefficient (Wildman–Crippen LogP) is 4.62. The molecule has 0 saturated carbocycles. The first-order chi connectivity index (χ1) is 16.0. The van der Waals surface area contributed by atoms with Crippen molar-refractivity contribution in [2.24, 2.45) is 0 Å². The number of rotatable bonds is 5. The van der Waals surface area contributed by atoms with Crippen LogP contribution in [0.4, 0.5) is 5.69 Å². The average Bonchev–Trinajstić information content (AvgIpc) is 3.28. The second kappa shape index (κ2) is 8.45. The lowest BCUT2D eigenvalue weighted by molar-refractivity contribution is -0.944. The van der Waals surface area contributed by atoms with Crippen LogP contribution in [0.15, 0.2) is 60.7 Å². The Bertz CT molecular complexity index is 1190. The van der Waals surface area contributed by atoms with E-state index in [2.05, 4.69) is 24.5 Å². The zero-order valence-corrected chi connectivity index (χ0v) is 19.3. The third kappa shape index (κ3) is 3.80. The Morgan fingerprint density at radius 2 is 1.88 bits per heavy atom. The number of quaternary nitrogens is 1. The van der Waals surface area contributed by atoms with Crippen LogP contribution in [0.1, 0.15) is 28.3 Å². The van der Waals surface area contributed by atoms with Crippen molar-refractivity contribution in [3.05, 3.63) is 82.9 Å². The highest BCUT2D eigenvalue weighted by Gasteiger charge is 2.47. The fourth-order valence-electron chi connectivity index (χ4n) is 5.10. The number of hydrogen-bond donors (Lipinski definition) is 1. The number of aryl methyl sites for hydroxylation is 1. The summed E-state index contributed by atoms with van der Waals surface area (Å²) in [6.45, 7) is 3.70. The molecule has 2 atom stereocenters. The minimum atomic E-state index is -0.474. The summed E-state index contributed by atoms with van der Waals surface area (Å²) in [4.78, 5) is 14.0. The number of benzene rings is 3. The number of hydrogen-bond acceptors (Lipinski definition) is 4. The van der Waals surface area contributed by atoms with Gasteiger partial charge in [0.25, 0.3) is 5.91 Å². The number of anilines is 1. The molecule has 0 aliphatic carbocycles. The summed E-state index contributed by atoms with van der Waals surface area (Å²) in [5.41, 5.74) is 5.00. The van der Waals surface area contributed by atoms with E-state index in [1.54, 1.807) is 7.11 Å². The fraction of sp³-hybridized carbons (Fsp3) is 0.296. The lowest BCUT2D eigenvalue weighted by atomic mass is 9.87. The van der Waals surface area contributed by atoms with Crippen molar-refractivity contribution in [2.75, 3.05) is 32.8 Å². The van der Waals surface area contributed by atoms with E-state index < -0.39 is 6.04 Å². The average molecular weight is 446 g/mol. The quantitative estimate of drug-likeness (QED) is 0.583. The molecule has 0 spiro atoms. The van der Waals surface area contributed by atoms with E-state index in [9.17, 15) is 4.79 Å². The van der Waals surface area contributed by atoms with Gasteiger partial charge in [-0.15, -0.1) is 0 Å². The zero-order valence-electron chi connectivity index (χ0n) is 19.3. The molecule has 3 aromatic carbocycles. The maximum atomic E-state index is 14.0. The van der Waals surface area contributed by atoms with Gasteiger partial charge in [-0.1, -0.05) is 48.5 Å². The minimum Gasteiger partial charge on any atom is -0.492 e. The van der Waals surface area contributed by atoms with Gasteiger partial charge in [-0.05, 0) is 30.2 Å². The number of para-hydroxylation sites is 1. The first-order valence-corrected chi connectivity index (χ1v) is 11.2. The van der Waals surface area contributed by atoms with E-state index in [0.717, 1.165) is 41.9 Å². The number of amides is 1. The summed E-state index contributed by atoms with van der Waals surface area (Å²) < 4.78 is 17.8. The summed E-state index contributed by atoms with van der Waals surface area (Å²) in [5, 5.41) is 3.20. The predicted molar refractivity (Wildman–Crippen MR) is 127 cm³/mol. The van der Waals surface area contributed by atoms with Crippen LogP contribution in [-0.2, 0) is 17.8 Å². The molecule has 170 valence electrons. The molecular weight excluding hydrogens is 416 g/mol. The zero-order chi connectivity index (χ0) is 23.0. The number of ether oxygens (including phenoxy) is 3. The molecule has 0 fully saturated rings. The normalized spacial score (nSPS) is 20.8. The van der Waals surface area contributed by atoms with Crippen LogP contribution < -0.4 is 19.5 Å².